The first-order valence-electron chi connectivity index (χ1n) is 9.20. The molecule has 0 bridgehead atoms. The zero-order valence-corrected chi connectivity index (χ0v) is 16.2. The Morgan fingerprint density at radius 2 is 1.81 bits per heavy atom. The number of aliphatic imine (C=N–C) groups is 1. The maximum absolute atomic E-state index is 5.99. The molecule has 0 saturated carbocycles. The van der Waals surface area contributed by atoms with Gasteiger partial charge in [-0.25, -0.2) is 0 Å². The summed E-state index contributed by atoms with van der Waals surface area (Å²) < 4.78 is 12.0. The smallest absolute Gasteiger partial charge is 0.185 e. The Balaban J connectivity index is 1.63. The van der Waals surface area contributed by atoms with Crippen molar-refractivity contribution in [3.05, 3.63) is 65.2 Å². The zero-order valence-electron chi connectivity index (χ0n) is 15.4. The van der Waals surface area contributed by atoms with Crippen LogP contribution in [-0.2, 0) is 15.9 Å². The highest BCUT2D eigenvalue weighted by atomic mass is 32.1. The lowest BCUT2D eigenvalue weighted by Gasteiger charge is -2.30. The van der Waals surface area contributed by atoms with Crippen LogP contribution in [-0.4, -0.2) is 18.4 Å². The fraction of sp³-hybridized carbons (Fsp3) is 0.409. The molecule has 1 unspecified atom stereocenters. The van der Waals surface area contributed by atoms with E-state index in [0.29, 0.717) is 13.2 Å². The summed E-state index contributed by atoms with van der Waals surface area (Å²) >= 11 is 4.72. The molecular formula is C22H25NO2S. The van der Waals surface area contributed by atoms with E-state index in [1.54, 1.807) is 0 Å². The predicted molar refractivity (Wildman–Crippen MR) is 108 cm³/mol. The molecule has 3 nitrogen and oxygen atoms in total. The molecule has 1 saturated heterocycles. The van der Waals surface area contributed by atoms with E-state index < -0.39 is 6.29 Å². The van der Waals surface area contributed by atoms with E-state index in [2.05, 4.69) is 48.3 Å². The molecule has 26 heavy (non-hydrogen) atoms. The minimum absolute atomic E-state index is 0.255. The molecule has 0 radical (unpaired) electrons. The Hall–Kier alpha value is -1.84. The number of benzene rings is 2. The Labute approximate surface area is 161 Å². The van der Waals surface area contributed by atoms with E-state index in [-0.39, 0.29) is 5.92 Å². The Morgan fingerprint density at radius 1 is 1.12 bits per heavy atom. The van der Waals surface area contributed by atoms with Crippen molar-refractivity contribution in [2.75, 3.05) is 13.2 Å². The molecule has 4 heteroatoms. The minimum atomic E-state index is -0.403. The molecule has 2 aromatic carbocycles. The van der Waals surface area contributed by atoms with Crippen molar-refractivity contribution < 1.29 is 9.47 Å². The first kappa shape index (κ1) is 18.9. The number of hydrogen-bond acceptors (Lipinski definition) is 4. The van der Waals surface area contributed by atoms with Crippen molar-refractivity contribution in [1.29, 1.82) is 0 Å². The van der Waals surface area contributed by atoms with Crippen LogP contribution in [0.25, 0.3) is 0 Å². The van der Waals surface area contributed by atoms with Gasteiger partial charge in [0.1, 0.15) is 0 Å². The molecule has 3 rings (SSSR count). The van der Waals surface area contributed by atoms with Gasteiger partial charge in [-0.1, -0.05) is 62.7 Å². The predicted octanol–water partition coefficient (Wildman–Crippen LogP) is 5.84. The minimum Gasteiger partial charge on any atom is -0.348 e. The van der Waals surface area contributed by atoms with E-state index in [0.717, 1.165) is 23.6 Å². The topological polar surface area (TPSA) is 30.8 Å². The lowest BCUT2D eigenvalue weighted by Crippen LogP contribution is -2.25. The number of thiocarbonyl (C=S) groups is 1. The standard InChI is InChI=1S/C22H25NO2S/c1-3-16(2)12-17-8-10-18(11-9-17)19-13-24-22(25-14-19)20-6-4-5-7-21(20)23-15-26/h4-11,16,19,22H,3,12-14H2,1-2H3/t16?,19-,22-. The van der Waals surface area contributed by atoms with Crippen molar-refractivity contribution in [2.24, 2.45) is 10.9 Å². The number of para-hydroxylation sites is 1. The fourth-order valence-electron chi connectivity index (χ4n) is 3.19. The SMILES string of the molecule is CCC(C)Cc1ccc([C@H]2CO[C@H](c3ccccc3N=C=S)OC2)cc1. The normalized spacial score (nSPS) is 21.0. The quantitative estimate of drug-likeness (QED) is 0.475. The molecule has 0 amide bonds. The Kier molecular flexibility index (Phi) is 6.70. The van der Waals surface area contributed by atoms with Crippen molar-refractivity contribution in [3.8, 4) is 0 Å². The molecule has 2 aromatic rings. The largest absolute Gasteiger partial charge is 0.348 e. The molecule has 1 fully saturated rings. The van der Waals surface area contributed by atoms with Crippen molar-refractivity contribution in [3.63, 3.8) is 0 Å². The third-order valence-corrected chi connectivity index (χ3v) is 5.08. The van der Waals surface area contributed by atoms with Gasteiger partial charge in [0.05, 0.1) is 24.1 Å². The molecule has 1 aliphatic heterocycles. The van der Waals surface area contributed by atoms with E-state index in [4.69, 9.17) is 21.7 Å². The van der Waals surface area contributed by atoms with Crippen molar-refractivity contribution in [2.45, 2.75) is 38.9 Å². The summed E-state index contributed by atoms with van der Waals surface area (Å²) in [5.41, 5.74) is 4.31. The molecule has 136 valence electrons. The molecule has 0 aliphatic carbocycles. The van der Waals surface area contributed by atoms with Gasteiger partial charge in [0.2, 0.25) is 0 Å². The van der Waals surface area contributed by atoms with E-state index in [1.807, 2.05) is 24.3 Å². The lowest BCUT2D eigenvalue weighted by atomic mass is 9.94. The van der Waals surface area contributed by atoms with Crippen LogP contribution in [0.15, 0.2) is 53.5 Å². The van der Waals surface area contributed by atoms with Gasteiger partial charge in [0.15, 0.2) is 6.29 Å². The van der Waals surface area contributed by atoms with Gasteiger partial charge in [-0.2, -0.15) is 4.99 Å². The monoisotopic (exact) mass is 367 g/mol. The second kappa shape index (κ2) is 9.20. The van der Waals surface area contributed by atoms with Gasteiger partial charge in [-0.15, -0.1) is 0 Å². The molecule has 1 aliphatic rings. The van der Waals surface area contributed by atoms with Crippen LogP contribution in [0.1, 0.15) is 49.2 Å². The van der Waals surface area contributed by atoms with Gasteiger partial charge in [-0.05, 0) is 41.7 Å². The van der Waals surface area contributed by atoms with E-state index in [9.17, 15) is 0 Å². The second-order valence-corrected chi connectivity index (χ2v) is 7.10. The average Bonchev–Trinajstić information content (AvgIpc) is 2.69. The molecule has 0 N–H and O–H groups in total. The summed E-state index contributed by atoms with van der Waals surface area (Å²) in [5, 5.41) is 2.42. The van der Waals surface area contributed by atoms with Crippen LogP contribution in [0, 0.1) is 5.92 Å². The lowest BCUT2D eigenvalue weighted by molar-refractivity contribution is -0.191. The van der Waals surface area contributed by atoms with Crippen LogP contribution in [0.3, 0.4) is 0 Å². The summed E-state index contributed by atoms with van der Waals surface area (Å²) in [6.07, 6.45) is 1.94. The fourth-order valence-corrected chi connectivity index (χ4v) is 3.28. The summed E-state index contributed by atoms with van der Waals surface area (Å²) in [4.78, 5) is 4.10. The maximum atomic E-state index is 5.99. The first-order valence-corrected chi connectivity index (χ1v) is 9.61. The number of nitrogens with zero attached hydrogens (tertiary/aromatic N) is 1. The summed E-state index contributed by atoms with van der Waals surface area (Å²) in [6, 6.07) is 16.6. The average molecular weight is 368 g/mol. The second-order valence-electron chi connectivity index (χ2n) is 6.92. The molecular weight excluding hydrogens is 342 g/mol. The number of rotatable bonds is 6. The number of hydrogen-bond donors (Lipinski definition) is 0. The highest BCUT2D eigenvalue weighted by molar-refractivity contribution is 7.78. The van der Waals surface area contributed by atoms with Crippen LogP contribution in [0.2, 0.25) is 0 Å². The van der Waals surface area contributed by atoms with E-state index >= 15 is 0 Å². The van der Waals surface area contributed by atoms with Gasteiger partial charge < -0.3 is 9.47 Å². The first-order chi connectivity index (χ1) is 12.7. The van der Waals surface area contributed by atoms with Crippen LogP contribution in [0.4, 0.5) is 5.69 Å². The van der Waals surface area contributed by atoms with Crippen molar-refractivity contribution in [1.82, 2.24) is 0 Å². The molecule has 1 heterocycles. The molecule has 0 spiro atoms. The molecule has 0 aromatic heterocycles. The van der Waals surface area contributed by atoms with Crippen molar-refractivity contribution >= 4 is 23.1 Å². The van der Waals surface area contributed by atoms with Crippen LogP contribution < -0.4 is 0 Å². The van der Waals surface area contributed by atoms with Crippen LogP contribution >= 0.6 is 12.2 Å². The zero-order chi connectivity index (χ0) is 18.4. The van der Waals surface area contributed by atoms with Gasteiger partial charge >= 0.3 is 0 Å². The Bertz CT molecular complexity index is 760. The number of ether oxygens (including phenoxy) is 2. The van der Waals surface area contributed by atoms with Gasteiger partial charge in [0.25, 0.3) is 0 Å². The summed E-state index contributed by atoms with van der Waals surface area (Å²) in [6.45, 7) is 5.79. The van der Waals surface area contributed by atoms with E-state index in [1.165, 1.54) is 17.5 Å². The maximum Gasteiger partial charge on any atom is 0.185 e. The number of isothiocyanates is 1. The molecule has 1 atom stereocenters. The van der Waals surface area contributed by atoms with Gasteiger partial charge in [-0.3, -0.25) is 0 Å². The highest BCUT2D eigenvalue weighted by Crippen LogP contribution is 2.34. The highest BCUT2D eigenvalue weighted by Gasteiger charge is 2.26. The summed E-state index contributed by atoms with van der Waals surface area (Å²) in [5.74, 6) is 0.975. The van der Waals surface area contributed by atoms with Crippen LogP contribution in [0.5, 0.6) is 0 Å². The third kappa shape index (κ3) is 4.66. The van der Waals surface area contributed by atoms with Gasteiger partial charge in [0, 0.05) is 11.5 Å². The Morgan fingerprint density at radius 3 is 2.46 bits per heavy atom. The third-order valence-electron chi connectivity index (χ3n) is 4.99. The summed E-state index contributed by atoms with van der Waals surface area (Å²) in [7, 11) is 0.